The van der Waals surface area contributed by atoms with Crippen molar-refractivity contribution in [1.29, 1.82) is 0 Å². The van der Waals surface area contributed by atoms with Crippen molar-refractivity contribution in [3.8, 4) is 0 Å². The van der Waals surface area contributed by atoms with Crippen molar-refractivity contribution in [2.75, 3.05) is 45.4 Å². The molecular formula is C13H21ClN2O2. The first-order chi connectivity index (χ1) is 8.72. The van der Waals surface area contributed by atoms with E-state index in [1.165, 1.54) is 0 Å². The average molecular weight is 273 g/mol. The van der Waals surface area contributed by atoms with E-state index < -0.39 is 0 Å². The summed E-state index contributed by atoms with van der Waals surface area (Å²) >= 11 is 6.06. The number of nitrogens with two attached hydrogens (primary N) is 1. The SMILES string of the molecule is COCCN(CCOC)c1cc(Cl)ccc1CN. The average Bonchev–Trinajstić information content (AvgIpc) is 2.39. The van der Waals surface area contributed by atoms with Gasteiger partial charge < -0.3 is 20.1 Å². The quantitative estimate of drug-likeness (QED) is 0.785. The number of rotatable bonds is 8. The summed E-state index contributed by atoms with van der Waals surface area (Å²) in [6, 6.07) is 5.76. The zero-order chi connectivity index (χ0) is 13.4. The Morgan fingerprint density at radius 3 is 2.28 bits per heavy atom. The minimum Gasteiger partial charge on any atom is -0.383 e. The predicted molar refractivity (Wildman–Crippen MR) is 75.3 cm³/mol. The fraction of sp³-hybridized carbons (Fsp3) is 0.538. The van der Waals surface area contributed by atoms with Crippen LogP contribution in [0.1, 0.15) is 5.56 Å². The number of hydrogen-bond acceptors (Lipinski definition) is 4. The number of hydrogen-bond donors (Lipinski definition) is 1. The lowest BCUT2D eigenvalue weighted by molar-refractivity contribution is 0.190. The van der Waals surface area contributed by atoms with E-state index in [1.807, 2.05) is 18.2 Å². The summed E-state index contributed by atoms with van der Waals surface area (Å²) in [7, 11) is 3.38. The Morgan fingerprint density at radius 2 is 1.78 bits per heavy atom. The van der Waals surface area contributed by atoms with Gasteiger partial charge in [-0.1, -0.05) is 17.7 Å². The molecule has 1 aromatic carbocycles. The highest BCUT2D eigenvalue weighted by Gasteiger charge is 2.11. The molecule has 0 radical (unpaired) electrons. The second kappa shape index (κ2) is 8.32. The molecule has 102 valence electrons. The van der Waals surface area contributed by atoms with Crippen molar-refractivity contribution < 1.29 is 9.47 Å². The third kappa shape index (κ3) is 4.46. The van der Waals surface area contributed by atoms with Gasteiger partial charge in [0.2, 0.25) is 0 Å². The van der Waals surface area contributed by atoms with Crippen LogP contribution < -0.4 is 10.6 Å². The lowest BCUT2D eigenvalue weighted by atomic mass is 10.1. The van der Waals surface area contributed by atoms with Crippen LogP contribution in [-0.4, -0.2) is 40.5 Å². The highest BCUT2D eigenvalue weighted by molar-refractivity contribution is 6.30. The van der Waals surface area contributed by atoms with E-state index in [0.717, 1.165) is 24.3 Å². The molecule has 0 unspecified atom stereocenters. The molecule has 0 aliphatic carbocycles. The minimum atomic E-state index is 0.489. The predicted octanol–water partition coefficient (Wildman–Crippen LogP) is 1.90. The summed E-state index contributed by atoms with van der Waals surface area (Å²) in [6.45, 7) is 3.36. The Bertz CT molecular complexity index is 353. The molecule has 0 fully saturated rings. The molecule has 4 nitrogen and oxygen atoms in total. The molecule has 0 atom stereocenters. The zero-order valence-corrected chi connectivity index (χ0v) is 11.7. The molecule has 0 aromatic heterocycles. The van der Waals surface area contributed by atoms with Gasteiger partial charge in [-0.15, -0.1) is 0 Å². The van der Waals surface area contributed by atoms with Crippen LogP contribution in [0.15, 0.2) is 18.2 Å². The van der Waals surface area contributed by atoms with Gasteiger partial charge in [0.15, 0.2) is 0 Å². The zero-order valence-electron chi connectivity index (χ0n) is 11.0. The van der Waals surface area contributed by atoms with E-state index in [-0.39, 0.29) is 0 Å². The second-order valence-corrected chi connectivity index (χ2v) is 4.39. The molecule has 5 heteroatoms. The third-order valence-electron chi connectivity index (χ3n) is 2.74. The first kappa shape index (κ1) is 15.2. The largest absolute Gasteiger partial charge is 0.383 e. The van der Waals surface area contributed by atoms with Gasteiger partial charge in [0.05, 0.1) is 13.2 Å². The van der Waals surface area contributed by atoms with E-state index in [4.69, 9.17) is 26.8 Å². The standard InChI is InChI=1S/C13H21ClN2O2/c1-17-7-5-16(6-8-18-2)13-9-12(14)4-3-11(13)10-15/h3-4,9H,5-8,10,15H2,1-2H3. The number of halogens is 1. The maximum atomic E-state index is 6.06. The molecule has 0 spiro atoms. The van der Waals surface area contributed by atoms with Crippen LogP contribution in [0.25, 0.3) is 0 Å². The Balaban J connectivity index is 2.90. The Kier molecular flexibility index (Phi) is 7.05. The van der Waals surface area contributed by atoms with E-state index >= 15 is 0 Å². The topological polar surface area (TPSA) is 47.7 Å². The molecule has 0 saturated carbocycles. The summed E-state index contributed by atoms with van der Waals surface area (Å²) in [5.41, 5.74) is 7.89. The first-order valence-corrected chi connectivity index (χ1v) is 6.32. The molecule has 0 saturated heterocycles. The maximum absolute atomic E-state index is 6.06. The summed E-state index contributed by atoms with van der Waals surface area (Å²) < 4.78 is 10.3. The van der Waals surface area contributed by atoms with E-state index in [1.54, 1.807) is 14.2 Å². The Labute approximate surface area is 114 Å². The third-order valence-corrected chi connectivity index (χ3v) is 2.97. The summed E-state index contributed by atoms with van der Waals surface area (Å²) in [5, 5.41) is 0.710. The number of nitrogens with zero attached hydrogens (tertiary/aromatic N) is 1. The fourth-order valence-corrected chi connectivity index (χ4v) is 1.93. The smallest absolute Gasteiger partial charge is 0.0637 e. The second-order valence-electron chi connectivity index (χ2n) is 3.95. The maximum Gasteiger partial charge on any atom is 0.0637 e. The lowest BCUT2D eigenvalue weighted by Crippen LogP contribution is -2.31. The van der Waals surface area contributed by atoms with Gasteiger partial charge in [-0.05, 0) is 17.7 Å². The summed E-state index contributed by atoms with van der Waals surface area (Å²) in [6.07, 6.45) is 0. The minimum absolute atomic E-state index is 0.489. The van der Waals surface area contributed by atoms with Crippen molar-refractivity contribution in [2.24, 2.45) is 5.73 Å². The van der Waals surface area contributed by atoms with Gasteiger partial charge in [-0.25, -0.2) is 0 Å². The molecule has 0 amide bonds. The van der Waals surface area contributed by atoms with Crippen LogP contribution in [0, 0.1) is 0 Å². The molecule has 0 aliphatic rings. The van der Waals surface area contributed by atoms with Gasteiger partial charge in [0.1, 0.15) is 0 Å². The summed E-state index contributed by atoms with van der Waals surface area (Å²) in [5.74, 6) is 0. The van der Waals surface area contributed by atoms with Crippen molar-refractivity contribution >= 4 is 17.3 Å². The van der Waals surface area contributed by atoms with Gasteiger partial charge >= 0.3 is 0 Å². The van der Waals surface area contributed by atoms with Crippen LogP contribution >= 0.6 is 11.6 Å². The van der Waals surface area contributed by atoms with Crippen LogP contribution in [0.2, 0.25) is 5.02 Å². The molecule has 0 aliphatic heterocycles. The fourth-order valence-electron chi connectivity index (χ4n) is 1.76. The lowest BCUT2D eigenvalue weighted by Gasteiger charge is -2.26. The summed E-state index contributed by atoms with van der Waals surface area (Å²) in [4.78, 5) is 2.18. The highest BCUT2D eigenvalue weighted by Crippen LogP contribution is 2.24. The molecule has 2 N–H and O–H groups in total. The van der Waals surface area contributed by atoms with Crippen LogP contribution in [0.5, 0.6) is 0 Å². The Hall–Kier alpha value is -0.810. The highest BCUT2D eigenvalue weighted by atomic mass is 35.5. The van der Waals surface area contributed by atoms with Crippen LogP contribution in [-0.2, 0) is 16.0 Å². The number of methoxy groups -OCH3 is 2. The van der Waals surface area contributed by atoms with Gasteiger partial charge in [-0.3, -0.25) is 0 Å². The molecule has 18 heavy (non-hydrogen) atoms. The van der Waals surface area contributed by atoms with Crippen molar-refractivity contribution in [3.05, 3.63) is 28.8 Å². The first-order valence-electron chi connectivity index (χ1n) is 5.94. The molecule has 0 heterocycles. The molecular weight excluding hydrogens is 252 g/mol. The molecule has 0 bridgehead atoms. The number of anilines is 1. The van der Waals surface area contributed by atoms with Crippen LogP contribution in [0.3, 0.4) is 0 Å². The van der Waals surface area contributed by atoms with Crippen molar-refractivity contribution in [2.45, 2.75) is 6.54 Å². The number of benzene rings is 1. The van der Waals surface area contributed by atoms with Gasteiger partial charge in [0.25, 0.3) is 0 Å². The monoisotopic (exact) mass is 272 g/mol. The van der Waals surface area contributed by atoms with Crippen molar-refractivity contribution in [1.82, 2.24) is 0 Å². The van der Waals surface area contributed by atoms with Gasteiger partial charge in [0, 0.05) is 44.6 Å². The van der Waals surface area contributed by atoms with E-state index in [0.29, 0.717) is 24.8 Å². The van der Waals surface area contributed by atoms with E-state index in [2.05, 4.69) is 4.90 Å². The van der Waals surface area contributed by atoms with Crippen LogP contribution in [0.4, 0.5) is 5.69 Å². The Morgan fingerprint density at radius 1 is 1.17 bits per heavy atom. The number of ether oxygens (including phenoxy) is 2. The van der Waals surface area contributed by atoms with Crippen molar-refractivity contribution in [3.63, 3.8) is 0 Å². The van der Waals surface area contributed by atoms with E-state index in [9.17, 15) is 0 Å². The molecule has 1 aromatic rings. The normalized spacial score (nSPS) is 10.7. The molecule has 1 rings (SSSR count). The van der Waals surface area contributed by atoms with Gasteiger partial charge in [-0.2, -0.15) is 0 Å².